The average molecular weight is 419 g/mol. The highest BCUT2D eigenvalue weighted by Gasteiger charge is 2.28. The Morgan fingerprint density at radius 3 is 2.70 bits per heavy atom. The van der Waals surface area contributed by atoms with Crippen molar-refractivity contribution in [2.24, 2.45) is 28.1 Å². The molecule has 1 aliphatic rings. The number of aliphatic imine (C=N–C) groups is 1. The van der Waals surface area contributed by atoms with Crippen LogP contribution in [0, 0.1) is 5.92 Å². The second-order valence-electron chi connectivity index (χ2n) is 7.82. The number of nitrogens with zero attached hydrogens (tertiary/aromatic N) is 1. The summed E-state index contributed by atoms with van der Waals surface area (Å²) in [4.78, 5) is 29.3. The third kappa shape index (κ3) is 8.38. The molecule has 0 aromatic heterocycles. The Balaban J connectivity index is 1.95. The lowest BCUT2D eigenvalue weighted by Crippen LogP contribution is -2.51. The summed E-state index contributed by atoms with van der Waals surface area (Å²) in [6, 6.07) is 7.91. The molecule has 0 spiro atoms. The van der Waals surface area contributed by atoms with E-state index in [0.717, 1.165) is 24.9 Å². The van der Waals surface area contributed by atoms with Crippen LogP contribution in [0.4, 0.5) is 0 Å². The van der Waals surface area contributed by atoms with Crippen LogP contribution < -0.4 is 27.8 Å². The van der Waals surface area contributed by atoms with Crippen molar-refractivity contribution in [3.63, 3.8) is 0 Å². The van der Waals surface area contributed by atoms with Crippen molar-refractivity contribution in [2.45, 2.75) is 57.3 Å². The van der Waals surface area contributed by atoms with Crippen LogP contribution in [-0.4, -0.2) is 49.2 Å². The number of ether oxygens (including phenoxy) is 1. The van der Waals surface area contributed by atoms with Crippen molar-refractivity contribution in [3.8, 4) is 0 Å². The number of hydrogen-bond acceptors (Lipinski definition) is 6. The van der Waals surface area contributed by atoms with E-state index >= 15 is 0 Å². The first-order valence-electron chi connectivity index (χ1n) is 10.4. The summed E-state index contributed by atoms with van der Waals surface area (Å²) >= 11 is 0. The third-order valence-corrected chi connectivity index (χ3v) is 5.07. The molecule has 1 fully saturated rings. The predicted octanol–water partition coefficient (Wildman–Crippen LogP) is -0.0164. The summed E-state index contributed by atoms with van der Waals surface area (Å²) in [7, 11) is 0. The standard InChI is InChI=1S/C21H34N6O3/c1-14-9-11-25-18(12-14)30-20(29)17(8-5-10-26-21(23)24)27-19(28)16(22)13-15-6-3-2-4-7-15/h2-4,6-7,14,16-18,25H,5,8-13,22H2,1H3,(H,27,28)(H4,23,24,26)/t14?,16-,17-,18?/m0/s1. The molecule has 1 saturated heterocycles. The lowest BCUT2D eigenvalue weighted by Gasteiger charge is -2.29. The topological polar surface area (TPSA) is 158 Å². The smallest absolute Gasteiger partial charge is 0.330 e. The van der Waals surface area contributed by atoms with E-state index in [9.17, 15) is 9.59 Å². The van der Waals surface area contributed by atoms with Gasteiger partial charge in [0, 0.05) is 13.0 Å². The number of guanidine groups is 1. The van der Waals surface area contributed by atoms with Gasteiger partial charge in [-0.3, -0.25) is 15.1 Å². The van der Waals surface area contributed by atoms with Gasteiger partial charge in [-0.1, -0.05) is 37.3 Å². The Hall–Kier alpha value is -2.65. The number of carbonyl (C=O) groups excluding carboxylic acids is 2. The first-order chi connectivity index (χ1) is 14.3. The van der Waals surface area contributed by atoms with Crippen LogP contribution in [0.3, 0.4) is 0 Å². The zero-order valence-corrected chi connectivity index (χ0v) is 17.5. The Morgan fingerprint density at radius 1 is 1.30 bits per heavy atom. The maximum atomic E-state index is 12.8. The number of rotatable bonds is 10. The molecule has 1 amide bonds. The zero-order chi connectivity index (χ0) is 21.9. The fourth-order valence-electron chi connectivity index (χ4n) is 3.36. The Kier molecular flexibility index (Phi) is 9.56. The minimum Gasteiger partial charge on any atom is -0.445 e. The molecule has 0 radical (unpaired) electrons. The number of hydrogen-bond donors (Lipinski definition) is 5. The minimum absolute atomic E-state index is 0.0107. The van der Waals surface area contributed by atoms with E-state index in [-0.39, 0.29) is 12.2 Å². The number of esters is 1. The lowest BCUT2D eigenvalue weighted by molar-refractivity contribution is -0.156. The third-order valence-electron chi connectivity index (χ3n) is 5.07. The highest BCUT2D eigenvalue weighted by atomic mass is 16.6. The van der Waals surface area contributed by atoms with Gasteiger partial charge in [0.05, 0.1) is 6.04 Å². The van der Waals surface area contributed by atoms with Crippen molar-refractivity contribution < 1.29 is 14.3 Å². The van der Waals surface area contributed by atoms with Gasteiger partial charge in [0.25, 0.3) is 0 Å². The van der Waals surface area contributed by atoms with Crippen LogP contribution >= 0.6 is 0 Å². The van der Waals surface area contributed by atoms with E-state index in [1.165, 1.54) is 0 Å². The van der Waals surface area contributed by atoms with Crippen LogP contribution in [0.5, 0.6) is 0 Å². The fraction of sp³-hybridized carbons (Fsp3) is 0.571. The molecule has 1 aromatic rings. The van der Waals surface area contributed by atoms with Crippen LogP contribution in [0.25, 0.3) is 0 Å². The quantitative estimate of drug-likeness (QED) is 0.155. The molecule has 0 saturated carbocycles. The number of nitrogens with two attached hydrogens (primary N) is 3. The van der Waals surface area contributed by atoms with E-state index in [4.69, 9.17) is 21.9 Å². The summed E-state index contributed by atoms with van der Waals surface area (Å²) in [5, 5.41) is 5.94. The van der Waals surface area contributed by atoms with E-state index < -0.39 is 24.0 Å². The van der Waals surface area contributed by atoms with E-state index in [1.807, 2.05) is 30.3 Å². The number of nitrogens with one attached hydrogen (secondary N) is 2. The highest BCUT2D eigenvalue weighted by Crippen LogP contribution is 2.17. The molecular formula is C21H34N6O3. The molecule has 9 nitrogen and oxygen atoms in total. The summed E-state index contributed by atoms with van der Waals surface area (Å²) in [5.41, 5.74) is 17.7. The van der Waals surface area contributed by atoms with E-state index in [0.29, 0.717) is 31.7 Å². The highest BCUT2D eigenvalue weighted by molar-refractivity contribution is 5.87. The van der Waals surface area contributed by atoms with Crippen molar-refractivity contribution in [2.75, 3.05) is 13.1 Å². The summed E-state index contributed by atoms with van der Waals surface area (Å²) < 4.78 is 5.61. The number of piperidine rings is 1. The fourth-order valence-corrected chi connectivity index (χ4v) is 3.36. The van der Waals surface area contributed by atoms with Crippen molar-refractivity contribution >= 4 is 17.8 Å². The summed E-state index contributed by atoms with van der Waals surface area (Å²) in [5.74, 6) is -0.416. The molecule has 8 N–H and O–H groups in total. The van der Waals surface area contributed by atoms with Gasteiger partial charge in [0.15, 0.2) is 12.2 Å². The second kappa shape index (κ2) is 12.1. The van der Waals surface area contributed by atoms with Crippen molar-refractivity contribution in [3.05, 3.63) is 35.9 Å². The SMILES string of the molecule is CC1CCNC(OC(=O)[C@H](CCCN=C(N)N)NC(=O)[C@@H](N)Cc2ccccc2)C1. The number of benzene rings is 1. The van der Waals surface area contributed by atoms with Crippen molar-refractivity contribution in [1.29, 1.82) is 0 Å². The molecule has 1 aromatic carbocycles. The molecule has 0 bridgehead atoms. The first-order valence-corrected chi connectivity index (χ1v) is 10.4. The maximum absolute atomic E-state index is 12.8. The molecule has 1 aliphatic heterocycles. The predicted molar refractivity (Wildman–Crippen MR) is 116 cm³/mol. The number of carbonyl (C=O) groups is 2. The summed E-state index contributed by atoms with van der Waals surface area (Å²) in [6.45, 7) is 3.28. The molecule has 1 heterocycles. The van der Waals surface area contributed by atoms with E-state index in [1.54, 1.807) is 0 Å². The average Bonchev–Trinajstić information content (AvgIpc) is 2.70. The lowest BCUT2D eigenvalue weighted by atomic mass is 9.99. The van der Waals surface area contributed by atoms with Crippen molar-refractivity contribution in [1.82, 2.24) is 10.6 Å². The van der Waals surface area contributed by atoms with Gasteiger partial charge in [-0.05, 0) is 43.7 Å². The van der Waals surface area contributed by atoms with Gasteiger partial charge < -0.3 is 27.3 Å². The van der Waals surface area contributed by atoms with Crippen LogP contribution in [-0.2, 0) is 20.7 Å². The monoisotopic (exact) mass is 418 g/mol. The van der Waals surface area contributed by atoms with Gasteiger partial charge in [-0.2, -0.15) is 0 Å². The normalized spacial score (nSPS) is 20.6. The number of amides is 1. The molecule has 0 aliphatic carbocycles. The van der Waals surface area contributed by atoms with Gasteiger partial charge in [0.1, 0.15) is 6.04 Å². The van der Waals surface area contributed by atoms with Crippen LogP contribution in [0.2, 0.25) is 0 Å². The molecule has 2 rings (SSSR count). The largest absolute Gasteiger partial charge is 0.445 e. The Labute approximate surface area is 177 Å². The zero-order valence-electron chi connectivity index (χ0n) is 17.5. The van der Waals surface area contributed by atoms with Crippen LogP contribution in [0.1, 0.15) is 38.2 Å². The van der Waals surface area contributed by atoms with E-state index in [2.05, 4.69) is 22.5 Å². The second-order valence-corrected chi connectivity index (χ2v) is 7.82. The van der Waals surface area contributed by atoms with Gasteiger partial charge in [0.2, 0.25) is 5.91 Å². The Morgan fingerprint density at radius 2 is 2.03 bits per heavy atom. The van der Waals surface area contributed by atoms with Gasteiger partial charge in [-0.15, -0.1) is 0 Å². The maximum Gasteiger partial charge on any atom is 0.330 e. The minimum atomic E-state index is -0.812. The molecule has 9 heteroatoms. The molecule has 2 unspecified atom stereocenters. The van der Waals surface area contributed by atoms with Gasteiger partial charge in [-0.25, -0.2) is 4.79 Å². The summed E-state index contributed by atoms with van der Waals surface area (Å²) in [6.07, 6.45) is 2.68. The first kappa shape index (κ1) is 23.6. The van der Waals surface area contributed by atoms with Gasteiger partial charge >= 0.3 is 5.97 Å². The molecule has 4 atom stereocenters. The van der Waals surface area contributed by atoms with Crippen LogP contribution in [0.15, 0.2) is 35.3 Å². The Bertz CT molecular complexity index is 708. The molecule has 30 heavy (non-hydrogen) atoms. The molecule has 166 valence electrons. The molecular weight excluding hydrogens is 384 g/mol.